The minimum Gasteiger partial charge on any atom is -0.369 e. The van der Waals surface area contributed by atoms with Gasteiger partial charge in [0, 0.05) is 28.6 Å². The van der Waals surface area contributed by atoms with Gasteiger partial charge in [0.15, 0.2) is 0 Å². The van der Waals surface area contributed by atoms with E-state index in [1.165, 1.54) is 11.3 Å². The largest absolute Gasteiger partial charge is 0.369 e. The first-order chi connectivity index (χ1) is 10.0. The molecule has 0 bridgehead atoms. The molecule has 0 aliphatic carbocycles. The van der Waals surface area contributed by atoms with E-state index >= 15 is 0 Å². The number of hydrogen-bond donors (Lipinski definition) is 2. The summed E-state index contributed by atoms with van der Waals surface area (Å²) < 4.78 is 28.4. The molecule has 2 aromatic heterocycles. The zero-order valence-corrected chi connectivity index (χ0v) is 14.7. The zero-order valence-electron chi connectivity index (χ0n) is 11.5. The second-order valence-electron chi connectivity index (χ2n) is 4.29. The summed E-state index contributed by atoms with van der Waals surface area (Å²) in [5, 5.41) is 4.95. The van der Waals surface area contributed by atoms with E-state index in [1.54, 1.807) is 18.3 Å². The van der Waals surface area contributed by atoms with E-state index in [1.807, 2.05) is 18.4 Å². The molecular formula is C13H16BrN3O2S2. The van der Waals surface area contributed by atoms with Gasteiger partial charge < -0.3 is 5.32 Å². The van der Waals surface area contributed by atoms with E-state index in [4.69, 9.17) is 0 Å². The summed E-state index contributed by atoms with van der Waals surface area (Å²) in [6.45, 7) is 2.94. The Morgan fingerprint density at radius 1 is 1.38 bits per heavy atom. The van der Waals surface area contributed by atoms with Gasteiger partial charge in [0.2, 0.25) is 10.0 Å². The molecule has 5 nitrogen and oxygen atoms in total. The fraction of sp³-hybridized carbons (Fsp3) is 0.308. The molecule has 0 unspecified atom stereocenters. The van der Waals surface area contributed by atoms with Crippen molar-refractivity contribution >= 4 is 43.1 Å². The smallest absolute Gasteiger partial charge is 0.244 e. The number of anilines is 1. The van der Waals surface area contributed by atoms with E-state index in [0.717, 1.165) is 15.8 Å². The molecule has 0 fully saturated rings. The number of hydrogen-bond acceptors (Lipinski definition) is 5. The molecule has 0 spiro atoms. The van der Waals surface area contributed by atoms with E-state index in [9.17, 15) is 8.42 Å². The highest BCUT2D eigenvalue weighted by atomic mass is 79.9. The van der Waals surface area contributed by atoms with Crippen LogP contribution < -0.4 is 10.0 Å². The molecule has 0 aromatic carbocycles. The molecule has 0 aliphatic rings. The normalized spacial score (nSPS) is 11.5. The van der Waals surface area contributed by atoms with Gasteiger partial charge in [-0.05, 0) is 45.9 Å². The lowest BCUT2D eigenvalue weighted by Gasteiger charge is -2.11. The molecule has 2 N–H and O–H groups in total. The first-order valence-corrected chi connectivity index (χ1v) is 9.60. The number of nitrogens with zero attached hydrogens (tertiary/aromatic N) is 1. The Kier molecular flexibility index (Phi) is 5.74. The Hall–Kier alpha value is -0.960. The number of rotatable bonds is 7. The van der Waals surface area contributed by atoms with Crippen LogP contribution in [-0.2, 0) is 16.6 Å². The number of sulfonamides is 1. The number of thiophene rings is 1. The lowest BCUT2D eigenvalue weighted by Crippen LogP contribution is -2.24. The molecule has 0 aliphatic heterocycles. The predicted octanol–water partition coefficient (Wildman–Crippen LogP) is 3.21. The maximum Gasteiger partial charge on any atom is 0.244 e. The van der Waals surface area contributed by atoms with Crippen LogP contribution in [0.25, 0.3) is 0 Å². The molecule has 114 valence electrons. The quantitative estimate of drug-likeness (QED) is 0.762. The summed E-state index contributed by atoms with van der Waals surface area (Å²) in [6.07, 6.45) is 2.47. The molecular weight excluding hydrogens is 374 g/mol. The van der Waals surface area contributed by atoms with Crippen LogP contribution in [0, 0.1) is 0 Å². The highest BCUT2D eigenvalue weighted by molar-refractivity contribution is 9.10. The average Bonchev–Trinajstić information content (AvgIpc) is 2.89. The van der Waals surface area contributed by atoms with Crippen molar-refractivity contribution in [1.82, 2.24) is 9.71 Å². The van der Waals surface area contributed by atoms with Crippen LogP contribution in [0.2, 0.25) is 0 Å². The standard InChI is InChI=1S/C13H16BrN3O2S2/c1-2-6-15-13-12(4-3-7-16-13)21(18,19)17-9-11-10(14)5-8-20-11/h3-5,7-8,17H,2,6,9H2,1H3,(H,15,16). The monoisotopic (exact) mass is 389 g/mol. The van der Waals surface area contributed by atoms with Gasteiger partial charge >= 0.3 is 0 Å². The molecule has 0 amide bonds. The Morgan fingerprint density at radius 3 is 2.86 bits per heavy atom. The van der Waals surface area contributed by atoms with E-state index < -0.39 is 10.0 Å². The molecule has 21 heavy (non-hydrogen) atoms. The van der Waals surface area contributed by atoms with Gasteiger partial charge in [-0.3, -0.25) is 0 Å². The lowest BCUT2D eigenvalue weighted by molar-refractivity contribution is 0.581. The summed E-state index contributed by atoms with van der Waals surface area (Å²) in [7, 11) is -3.60. The minimum absolute atomic E-state index is 0.172. The fourth-order valence-electron chi connectivity index (χ4n) is 1.67. The Balaban J connectivity index is 2.17. The minimum atomic E-state index is -3.60. The molecule has 0 radical (unpaired) electrons. The Bertz CT molecular complexity index is 701. The fourth-order valence-corrected chi connectivity index (χ4v) is 4.32. The van der Waals surface area contributed by atoms with E-state index in [0.29, 0.717) is 12.4 Å². The third-order valence-electron chi connectivity index (χ3n) is 2.72. The van der Waals surface area contributed by atoms with Crippen LogP contribution in [0.4, 0.5) is 5.82 Å². The molecule has 2 rings (SSSR count). The van der Waals surface area contributed by atoms with Crippen LogP contribution in [0.15, 0.2) is 39.1 Å². The summed E-state index contributed by atoms with van der Waals surface area (Å²) in [4.78, 5) is 5.22. The average molecular weight is 390 g/mol. The van der Waals surface area contributed by atoms with E-state index in [-0.39, 0.29) is 11.4 Å². The van der Waals surface area contributed by atoms with Crippen molar-refractivity contribution in [3.05, 3.63) is 39.1 Å². The van der Waals surface area contributed by atoms with Crippen molar-refractivity contribution in [1.29, 1.82) is 0 Å². The first-order valence-electron chi connectivity index (χ1n) is 6.45. The lowest BCUT2D eigenvalue weighted by atomic mass is 10.4. The summed E-state index contributed by atoms with van der Waals surface area (Å²) in [6, 6.07) is 5.07. The molecule has 8 heteroatoms. The highest BCUT2D eigenvalue weighted by Crippen LogP contribution is 2.24. The van der Waals surface area contributed by atoms with Gasteiger partial charge in [-0.2, -0.15) is 0 Å². The van der Waals surface area contributed by atoms with Crippen molar-refractivity contribution in [3.8, 4) is 0 Å². The summed E-state index contributed by atoms with van der Waals surface area (Å²) in [5.41, 5.74) is 0. The molecule has 2 aromatic rings. The first kappa shape index (κ1) is 16.4. The van der Waals surface area contributed by atoms with Crippen molar-refractivity contribution < 1.29 is 8.42 Å². The van der Waals surface area contributed by atoms with Gasteiger partial charge in [-0.25, -0.2) is 18.1 Å². The number of pyridine rings is 1. The maximum atomic E-state index is 12.4. The van der Waals surface area contributed by atoms with Crippen molar-refractivity contribution in [3.63, 3.8) is 0 Å². The second kappa shape index (κ2) is 7.35. The Morgan fingerprint density at radius 2 is 2.19 bits per heavy atom. The van der Waals surface area contributed by atoms with Crippen LogP contribution in [0.1, 0.15) is 18.2 Å². The van der Waals surface area contributed by atoms with Crippen molar-refractivity contribution in [2.24, 2.45) is 0 Å². The van der Waals surface area contributed by atoms with Crippen molar-refractivity contribution in [2.45, 2.75) is 24.8 Å². The SMILES string of the molecule is CCCNc1ncccc1S(=O)(=O)NCc1sccc1Br. The molecule has 0 saturated heterocycles. The molecule has 2 heterocycles. The van der Waals surface area contributed by atoms with Crippen molar-refractivity contribution in [2.75, 3.05) is 11.9 Å². The number of halogens is 1. The van der Waals surface area contributed by atoms with Gasteiger partial charge in [0.25, 0.3) is 0 Å². The second-order valence-corrected chi connectivity index (χ2v) is 7.88. The third kappa shape index (κ3) is 4.26. The van der Waals surface area contributed by atoms with Crippen LogP contribution >= 0.6 is 27.3 Å². The summed E-state index contributed by atoms with van der Waals surface area (Å²) in [5.74, 6) is 0.386. The van der Waals surface area contributed by atoms with Crippen LogP contribution in [0.5, 0.6) is 0 Å². The number of aromatic nitrogens is 1. The van der Waals surface area contributed by atoms with Gasteiger partial charge in [0.05, 0.1) is 0 Å². The van der Waals surface area contributed by atoms with Crippen LogP contribution in [0.3, 0.4) is 0 Å². The van der Waals surface area contributed by atoms with Gasteiger partial charge in [0.1, 0.15) is 10.7 Å². The maximum absolute atomic E-state index is 12.4. The van der Waals surface area contributed by atoms with E-state index in [2.05, 4.69) is 31.0 Å². The van der Waals surface area contributed by atoms with Crippen LogP contribution in [-0.4, -0.2) is 19.9 Å². The third-order valence-corrected chi connectivity index (χ3v) is 6.08. The molecule has 0 atom stereocenters. The predicted molar refractivity (Wildman–Crippen MR) is 89.1 cm³/mol. The highest BCUT2D eigenvalue weighted by Gasteiger charge is 2.19. The summed E-state index contributed by atoms with van der Waals surface area (Å²) >= 11 is 4.89. The molecule has 0 saturated carbocycles. The Labute approximate surface area is 137 Å². The number of nitrogens with one attached hydrogen (secondary N) is 2. The van der Waals surface area contributed by atoms with Gasteiger partial charge in [-0.1, -0.05) is 6.92 Å². The zero-order chi connectivity index (χ0) is 15.3. The topological polar surface area (TPSA) is 71.1 Å². The van der Waals surface area contributed by atoms with Gasteiger partial charge in [-0.15, -0.1) is 11.3 Å².